The maximum absolute atomic E-state index is 12.9. The lowest BCUT2D eigenvalue weighted by molar-refractivity contribution is -0.123. The Kier molecular flexibility index (Phi) is 6.69. The van der Waals surface area contributed by atoms with Gasteiger partial charge in [0, 0.05) is 24.2 Å². The SMILES string of the molecule is C[C@H](OC(=O)c1ccc(Cl)c(S(=O)(=O)N2CCCC2)c1)C(=O)Nc1cccc2ccccc12. The monoisotopic (exact) mass is 486 g/mol. The molecule has 9 heteroatoms. The molecule has 4 rings (SSSR count). The molecule has 3 aromatic rings. The highest BCUT2D eigenvalue weighted by atomic mass is 35.5. The Hall–Kier alpha value is -2.94. The fraction of sp³-hybridized carbons (Fsp3) is 0.250. The summed E-state index contributed by atoms with van der Waals surface area (Å²) in [5.41, 5.74) is 0.605. The third-order valence-corrected chi connectivity index (χ3v) is 7.93. The number of esters is 1. The third-order valence-electron chi connectivity index (χ3n) is 5.55. The highest BCUT2D eigenvalue weighted by molar-refractivity contribution is 7.89. The average molecular weight is 487 g/mol. The maximum Gasteiger partial charge on any atom is 0.338 e. The number of hydrogen-bond acceptors (Lipinski definition) is 5. The van der Waals surface area contributed by atoms with Crippen LogP contribution in [-0.4, -0.2) is 43.8 Å². The summed E-state index contributed by atoms with van der Waals surface area (Å²) >= 11 is 6.14. The number of carbonyl (C=O) groups is 2. The largest absolute Gasteiger partial charge is 0.449 e. The number of ether oxygens (including phenoxy) is 1. The second-order valence-electron chi connectivity index (χ2n) is 7.82. The first kappa shape index (κ1) is 23.2. The van der Waals surface area contributed by atoms with E-state index in [2.05, 4.69) is 5.32 Å². The number of amides is 1. The third kappa shape index (κ3) is 4.88. The van der Waals surface area contributed by atoms with E-state index in [1.54, 1.807) is 6.07 Å². The van der Waals surface area contributed by atoms with E-state index in [0.717, 1.165) is 23.6 Å². The standard InChI is InChI=1S/C24H23ClN2O5S/c1-16(23(28)26-21-10-6-8-17-7-2-3-9-19(17)21)32-24(29)18-11-12-20(25)22(15-18)33(30,31)27-13-4-5-14-27/h2-3,6-12,15-16H,4-5,13-14H2,1H3,(H,26,28)/t16-/m0/s1. The van der Waals surface area contributed by atoms with E-state index in [1.807, 2.05) is 36.4 Å². The first-order chi connectivity index (χ1) is 15.8. The maximum atomic E-state index is 12.9. The van der Waals surface area contributed by atoms with Crippen molar-refractivity contribution in [2.75, 3.05) is 18.4 Å². The average Bonchev–Trinajstić information content (AvgIpc) is 3.35. The quantitative estimate of drug-likeness (QED) is 0.519. The Bertz CT molecular complexity index is 1310. The molecule has 1 aliphatic rings. The zero-order chi connectivity index (χ0) is 23.6. The second-order valence-corrected chi connectivity index (χ2v) is 10.1. The van der Waals surface area contributed by atoms with Gasteiger partial charge in [0.2, 0.25) is 10.0 Å². The van der Waals surface area contributed by atoms with Crippen molar-refractivity contribution in [3.63, 3.8) is 0 Å². The molecule has 0 spiro atoms. The minimum absolute atomic E-state index is 0.00184. The van der Waals surface area contributed by atoms with Gasteiger partial charge in [-0.1, -0.05) is 48.0 Å². The van der Waals surface area contributed by atoms with E-state index >= 15 is 0 Å². The van der Waals surface area contributed by atoms with Gasteiger partial charge < -0.3 is 10.1 Å². The summed E-state index contributed by atoms with van der Waals surface area (Å²) in [6, 6.07) is 17.0. The molecule has 1 aliphatic heterocycles. The number of fused-ring (bicyclic) bond motifs is 1. The lowest BCUT2D eigenvalue weighted by Crippen LogP contribution is -2.30. The number of benzene rings is 3. The normalized spacial score (nSPS) is 15.3. The molecular formula is C24H23ClN2O5S. The predicted octanol–water partition coefficient (Wildman–Crippen LogP) is 4.46. The van der Waals surface area contributed by atoms with Crippen LogP contribution in [0.15, 0.2) is 65.6 Å². The lowest BCUT2D eigenvalue weighted by Gasteiger charge is -2.18. The van der Waals surface area contributed by atoms with Gasteiger partial charge in [-0.15, -0.1) is 0 Å². The molecule has 0 radical (unpaired) electrons. The first-order valence-corrected chi connectivity index (χ1v) is 12.4. The Labute approximate surface area is 197 Å². The van der Waals surface area contributed by atoms with Crippen LogP contribution >= 0.6 is 11.6 Å². The van der Waals surface area contributed by atoms with Gasteiger partial charge in [0.15, 0.2) is 6.10 Å². The highest BCUT2D eigenvalue weighted by Gasteiger charge is 2.30. The molecule has 33 heavy (non-hydrogen) atoms. The van der Waals surface area contributed by atoms with Crippen LogP contribution in [0.1, 0.15) is 30.1 Å². The molecule has 1 N–H and O–H groups in total. The number of nitrogens with zero attached hydrogens (tertiary/aromatic N) is 1. The minimum atomic E-state index is -3.82. The fourth-order valence-electron chi connectivity index (χ4n) is 3.75. The number of sulfonamides is 1. The zero-order valence-corrected chi connectivity index (χ0v) is 19.5. The molecule has 1 saturated heterocycles. The van der Waals surface area contributed by atoms with Crippen LogP contribution in [-0.2, 0) is 19.6 Å². The topological polar surface area (TPSA) is 92.8 Å². The van der Waals surface area contributed by atoms with Crippen molar-refractivity contribution < 1.29 is 22.7 Å². The predicted molar refractivity (Wildman–Crippen MR) is 127 cm³/mol. The molecule has 0 aromatic heterocycles. The summed E-state index contributed by atoms with van der Waals surface area (Å²) < 4.78 is 32.5. The molecule has 0 bridgehead atoms. The lowest BCUT2D eigenvalue weighted by atomic mass is 10.1. The van der Waals surface area contributed by atoms with E-state index in [4.69, 9.17) is 16.3 Å². The van der Waals surface area contributed by atoms with E-state index in [0.29, 0.717) is 18.8 Å². The van der Waals surface area contributed by atoms with Crippen LogP contribution in [0.3, 0.4) is 0 Å². The van der Waals surface area contributed by atoms with Gasteiger partial charge >= 0.3 is 5.97 Å². The molecule has 1 heterocycles. The summed E-state index contributed by atoms with van der Waals surface area (Å²) in [5.74, 6) is -1.32. The van der Waals surface area contributed by atoms with Gasteiger partial charge in [0.1, 0.15) is 4.90 Å². The van der Waals surface area contributed by atoms with Crippen molar-refractivity contribution in [1.82, 2.24) is 4.31 Å². The van der Waals surface area contributed by atoms with Gasteiger partial charge in [0.05, 0.1) is 10.6 Å². The number of carbonyl (C=O) groups excluding carboxylic acids is 2. The van der Waals surface area contributed by atoms with Crippen LogP contribution in [0.5, 0.6) is 0 Å². The summed E-state index contributed by atoms with van der Waals surface area (Å²) in [6.07, 6.45) is 0.454. The van der Waals surface area contributed by atoms with Crippen molar-refractivity contribution in [2.24, 2.45) is 0 Å². The molecule has 172 valence electrons. The van der Waals surface area contributed by atoms with Gasteiger partial charge in [-0.05, 0) is 49.4 Å². The van der Waals surface area contributed by atoms with Crippen molar-refractivity contribution in [1.29, 1.82) is 0 Å². The van der Waals surface area contributed by atoms with Gasteiger partial charge in [-0.3, -0.25) is 4.79 Å². The number of halogens is 1. The molecule has 1 fully saturated rings. The van der Waals surface area contributed by atoms with Gasteiger partial charge in [-0.2, -0.15) is 4.31 Å². The van der Waals surface area contributed by atoms with Crippen LogP contribution in [0.2, 0.25) is 5.02 Å². The second kappa shape index (κ2) is 9.51. The van der Waals surface area contributed by atoms with Crippen LogP contribution in [0, 0.1) is 0 Å². The van der Waals surface area contributed by atoms with Crippen molar-refractivity contribution in [3.8, 4) is 0 Å². The zero-order valence-electron chi connectivity index (χ0n) is 18.0. The van der Waals surface area contributed by atoms with E-state index < -0.39 is 28.0 Å². The summed E-state index contributed by atoms with van der Waals surface area (Å²) in [6.45, 7) is 2.29. The minimum Gasteiger partial charge on any atom is -0.449 e. The van der Waals surface area contributed by atoms with Crippen molar-refractivity contribution in [2.45, 2.75) is 30.8 Å². The number of nitrogens with one attached hydrogen (secondary N) is 1. The van der Waals surface area contributed by atoms with Gasteiger partial charge in [0.25, 0.3) is 5.91 Å². The van der Waals surface area contributed by atoms with Crippen molar-refractivity contribution >= 4 is 50.0 Å². The molecule has 3 aromatic carbocycles. The van der Waals surface area contributed by atoms with Crippen LogP contribution < -0.4 is 5.32 Å². The van der Waals surface area contributed by atoms with E-state index in [-0.39, 0.29) is 15.5 Å². The Morgan fingerprint density at radius 1 is 1.03 bits per heavy atom. The summed E-state index contributed by atoms with van der Waals surface area (Å²) in [4.78, 5) is 25.2. The highest BCUT2D eigenvalue weighted by Crippen LogP contribution is 2.28. The van der Waals surface area contributed by atoms with Crippen LogP contribution in [0.4, 0.5) is 5.69 Å². The van der Waals surface area contributed by atoms with Crippen molar-refractivity contribution in [3.05, 3.63) is 71.2 Å². The fourth-order valence-corrected chi connectivity index (χ4v) is 5.76. The Morgan fingerprint density at radius 3 is 2.48 bits per heavy atom. The molecule has 0 saturated carbocycles. The van der Waals surface area contributed by atoms with Gasteiger partial charge in [-0.25, -0.2) is 13.2 Å². The molecular weight excluding hydrogens is 464 g/mol. The van der Waals surface area contributed by atoms with E-state index in [1.165, 1.54) is 29.4 Å². The van der Waals surface area contributed by atoms with E-state index in [9.17, 15) is 18.0 Å². The number of anilines is 1. The number of rotatable bonds is 6. The summed E-state index contributed by atoms with van der Waals surface area (Å²) in [5, 5.41) is 4.64. The Morgan fingerprint density at radius 2 is 1.73 bits per heavy atom. The molecule has 1 amide bonds. The first-order valence-electron chi connectivity index (χ1n) is 10.6. The molecule has 0 unspecified atom stereocenters. The molecule has 0 aliphatic carbocycles. The molecule has 7 nitrogen and oxygen atoms in total. The Balaban J connectivity index is 1.49. The summed E-state index contributed by atoms with van der Waals surface area (Å²) in [7, 11) is -3.82. The van der Waals surface area contributed by atoms with Crippen LogP contribution in [0.25, 0.3) is 10.8 Å². The molecule has 1 atom stereocenters. The smallest absolute Gasteiger partial charge is 0.338 e. The number of hydrogen-bond donors (Lipinski definition) is 1.